The minimum Gasteiger partial charge on any atom is -0.399 e. The monoisotopic (exact) mass is 334 g/mol. The quantitative estimate of drug-likeness (QED) is 0.818. The number of rotatable bonds is 5. The molecule has 104 valence electrons. The number of anilines is 2. The Hall–Kier alpha value is -2.08. The lowest BCUT2D eigenvalue weighted by molar-refractivity contribution is -0.116. The van der Waals surface area contributed by atoms with Crippen LogP contribution in [0.4, 0.5) is 11.4 Å². The summed E-state index contributed by atoms with van der Waals surface area (Å²) in [6.45, 7) is 0.661. The summed E-state index contributed by atoms with van der Waals surface area (Å²) >= 11 is 3.43. The summed E-state index contributed by atoms with van der Waals surface area (Å²) in [5, 5.41) is 0. The van der Waals surface area contributed by atoms with E-state index in [0.717, 1.165) is 15.7 Å². The molecule has 1 aromatic heterocycles. The molecule has 20 heavy (non-hydrogen) atoms. The van der Waals surface area contributed by atoms with Gasteiger partial charge in [0.1, 0.15) is 0 Å². The lowest BCUT2D eigenvalue weighted by atomic mass is 10.2. The predicted molar refractivity (Wildman–Crippen MR) is 83.0 cm³/mol. The Kier molecular flexibility index (Phi) is 4.57. The highest BCUT2D eigenvalue weighted by atomic mass is 79.9. The van der Waals surface area contributed by atoms with Crippen molar-refractivity contribution >= 4 is 33.2 Å². The van der Waals surface area contributed by atoms with Crippen molar-refractivity contribution in [2.45, 2.75) is 6.54 Å². The van der Waals surface area contributed by atoms with Crippen molar-refractivity contribution in [1.82, 2.24) is 4.98 Å². The highest BCUT2D eigenvalue weighted by molar-refractivity contribution is 9.10. The predicted octanol–water partition coefficient (Wildman–Crippen LogP) is 1.92. The molecule has 0 aliphatic heterocycles. The van der Waals surface area contributed by atoms with E-state index in [0.29, 0.717) is 12.2 Å². The maximum atomic E-state index is 11.3. The Bertz CT molecular complexity index is 618. The van der Waals surface area contributed by atoms with Crippen LogP contribution in [0.3, 0.4) is 0 Å². The van der Waals surface area contributed by atoms with Crippen molar-refractivity contribution in [3.05, 3.63) is 52.8 Å². The van der Waals surface area contributed by atoms with Gasteiger partial charge in [-0.1, -0.05) is 12.1 Å². The molecule has 0 saturated carbocycles. The van der Waals surface area contributed by atoms with Crippen molar-refractivity contribution in [3.63, 3.8) is 0 Å². The Morgan fingerprint density at radius 1 is 1.35 bits per heavy atom. The van der Waals surface area contributed by atoms with Gasteiger partial charge in [0, 0.05) is 24.6 Å². The fourth-order valence-electron chi connectivity index (χ4n) is 1.95. The Balaban J connectivity index is 2.29. The van der Waals surface area contributed by atoms with E-state index in [2.05, 4.69) is 20.9 Å². The second-order valence-electron chi connectivity index (χ2n) is 4.39. The topological polar surface area (TPSA) is 85.2 Å². The largest absolute Gasteiger partial charge is 0.399 e. The van der Waals surface area contributed by atoms with Crippen molar-refractivity contribution in [3.8, 4) is 0 Å². The summed E-state index contributed by atoms with van der Waals surface area (Å²) in [5.41, 5.74) is 13.7. The average molecular weight is 335 g/mol. The maximum absolute atomic E-state index is 11.3. The molecule has 0 bridgehead atoms. The van der Waals surface area contributed by atoms with Gasteiger partial charge in [0.15, 0.2) is 0 Å². The standard InChI is InChI=1S/C14H15BrN4O/c15-12-7-18-5-4-13(12)19(9-14(17)20)8-10-2-1-3-11(16)6-10/h1-7H,8-9,16H2,(H2,17,20). The third kappa shape index (κ3) is 3.71. The Morgan fingerprint density at radius 3 is 2.80 bits per heavy atom. The molecule has 0 unspecified atom stereocenters. The molecule has 5 nitrogen and oxygen atoms in total. The molecule has 1 amide bonds. The summed E-state index contributed by atoms with van der Waals surface area (Å²) in [6, 6.07) is 9.38. The summed E-state index contributed by atoms with van der Waals surface area (Å²) < 4.78 is 0.810. The van der Waals surface area contributed by atoms with Crippen molar-refractivity contribution in [2.75, 3.05) is 17.2 Å². The van der Waals surface area contributed by atoms with Crippen LogP contribution in [0.5, 0.6) is 0 Å². The molecule has 1 aromatic carbocycles. The Labute approximate surface area is 125 Å². The molecule has 0 radical (unpaired) electrons. The highest BCUT2D eigenvalue weighted by Crippen LogP contribution is 2.26. The SMILES string of the molecule is NC(=O)CN(Cc1cccc(N)c1)c1ccncc1Br. The fourth-order valence-corrected chi connectivity index (χ4v) is 2.45. The number of amides is 1. The van der Waals surface area contributed by atoms with Gasteiger partial charge in [-0.25, -0.2) is 0 Å². The molecule has 2 rings (SSSR count). The van der Waals surface area contributed by atoms with Gasteiger partial charge in [-0.05, 0) is 39.7 Å². The van der Waals surface area contributed by atoms with Gasteiger partial charge in [-0.15, -0.1) is 0 Å². The zero-order valence-corrected chi connectivity index (χ0v) is 12.4. The zero-order chi connectivity index (χ0) is 14.5. The fraction of sp³-hybridized carbons (Fsp3) is 0.143. The van der Waals surface area contributed by atoms with Gasteiger partial charge in [-0.3, -0.25) is 9.78 Å². The number of halogens is 1. The molecule has 4 N–H and O–H groups in total. The van der Waals surface area contributed by atoms with Crippen LogP contribution in [-0.4, -0.2) is 17.4 Å². The molecule has 6 heteroatoms. The molecule has 0 fully saturated rings. The molecule has 1 heterocycles. The van der Waals surface area contributed by atoms with Crippen LogP contribution in [-0.2, 0) is 11.3 Å². The van der Waals surface area contributed by atoms with E-state index < -0.39 is 5.91 Å². The number of primary amides is 1. The number of benzene rings is 1. The van der Waals surface area contributed by atoms with Gasteiger partial charge in [-0.2, -0.15) is 0 Å². The van der Waals surface area contributed by atoms with Crippen LogP contribution in [0.1, 0.15) is 5.56 Å². The molecule has 0 atom stereocenters. The number of pyridine rings is 1. The number of nitrogen functional groups attached to an aromatic ring is 1. The van der Waals surface area contributed by atoms with E-state index >= 15 is 0 Å². The number of nitrogens with zero attached hydrogens (tertiary/aromatic N) is 2. The molecule has 0 spiro atoms. The molecule has 2 aromatic rings. The molecular weight excluding hydrogens is 320 g/mol. The first-order valence-corrected chi connectivity index (χ1v) is 6.83. The summed E-state index contributed by atoms with van der Waals surface area (Å²) in [7, 11) is 0. The molecule has 0 aliphatic carbocycles. The van der Waals surface area contributed by atoms with Crippen LogP contribution in [0.15, 0.2) is 47.2 Å². The van der Waals surface area contributed by atoms with Crippen LogP contribution < -0.4 is 16.4 Å². The molecular formula is C14H15BrN4O. The van der Waals surface area contributed by atoms with Crippen LogP contribution in [0.2, 0.25) is 0 Å². The van der Waals surface area contributed by atoms with E-state index in [4.69, 9.17) is 11.5 Å². The summed E-state index contributed by atoms with van der Waals surface area (Å²) in [4.78, 5) is 17.2. The number of hydrogen-bond acceptors (Lipinski definition) is 4. The number of carbonyl (C=O) groups is 1. The zero-order valence-electron chi connectivity index (χ0n) is 10.8. The summed E-state index contributed by atoms with van der Waals surface area (Å²) in [5.74, 6) is -0.391. The number of aromatic nitrogens is 1. The van der Waals surface area contributed by atoms with Gasteiger partial charge in [0.2, 0.25) is 5.91 Å². The van der Waals surface area contributed by atoms with E-state index in [1.54, 1.807) is 12.4 Å². The second-order valence-corrected chi connectivity index (χ2v) is 5.25. The third-order valence-corrected chi connectivity index (χ3v) is 3.37. The number of hydrogen-bond donors (Lipinski definition) is 2. The second kappa shape index (κ2) is 6.38. The minimum atomic E-state index is -0.391. The molecule has 0 aliphatic rings. The van der Waals surface area contributed by atoms with Gasteiger partial charge >= 0.3 is 0 Å². The third-order valence-electron chi connectivity index (χ3n) is 2.76. The minimum absolute atomic E-state index is 0.122. The first-order valence-electron chi connectivity index (χ1n) is 6.03. The Morgan fingerprint density at radius 2 is 2.15 bits per heavy atom. The summed E-state index contributed by atoms with van der Waals surface area (Å²) in [6.07, 6.45) is 3.36. The maximum Gasteiger partial charge on any atom is 0.236 e. The average Bonchev–Trinajstić information content (AvgIpc) is 2.38. The van der Waals surface area contributed by atoms with E-state index in [1.165, 1.54) is 0 Å². The first-order chi connectivity index (χ1) is 9.56. The van der Waals surface area contributed by atoms with Crippen molar-refractivity contribution < 1.29 is 4.79 Å². The molecule has 0 saturated heterocycles. The van der Waals surface area contributed by atoms with E-state index in [1.807, 2.05) is 35.2 Å². The van der Waals surface area contributed by atoms with Crippen molar-refractivity contribution in [2.24, 2.45) is 5.73 Å². The highest BCUT2D eigenvalue weighted by Gasteiger charge is 2.13. The smallest absolute Gasteiger partial charge is 0.236 e. The van der Waals surface area contributed by atoms with Crippen LogP contribution >= 0.6 is 15.9 Å². The van der Waals surface area contributed by atoms with E-state index in [-0.39, 0.29) is 6.54 Å². The van der Waals surface area contributed by atoms with E-state index in [9.17, 15) is 4.79 Å². The number of carbonyl (C=O) groups excluding carboxylic acids is 1. The van der Waals surface area contributed by atoms with Gasteiger partial charge in [0.05, 0.1) is 16.7 Å². The van der Waals surface area contributed by atoms with Crippen molar-refractivity contribution in [1.29, 1.82) is 0 Å². The van der Waals surface area contributed by atoms with Crippen LogP contribution in [0, 0.1) is 0 Å². The van der Waals surface area contributed by atoms with Gasteiger partial charge in [0.25, 0.3) is 0 Å². The lowest BCUT2D eigenvalue weighted by Crippen LogP contribution is -2.33. The first kappa shape index (κ1) is 14.3. The number of nitrogens with two attached hydrogens (primary N) is 2. The lowest BCUT2D eigenvalue weighted by Gasteiger charge is -2.24. The van der Waals surface area contributed by atoms with Crippen LogP contribution in [0.25, 0.3) is 0 Å². The normalized spacial score (nSPS) is 10.2. The van der Waals surface area contributed by atoms with Gasteiger partial charge < -0.3 is 16.4 Å².